The van der Waals surface area contributed by atoms with Crippen LogP contribution in [-0.4, -0.2) is 11.7 Å². The fraction of sp³-hybridized carbons (Fsp3) is 0.333. The average Bonchev–Trinajstić information content (AvgIpc) is 2.16. The molecule has 0 bridgehead atoms. The summed E-state index contributed by atoms with van der Waals surface area (Å²) in [5.74, 6) is -0.815. The lowest BCUT2D eigenvalue weighted by Gasteiger charge is -2.10. The summed E-state index contributed by atoms with van der Waals surface area (Å²) in [6.45, 7) is -0.426. The fourth-order valence-corrected chi connectivity index (χ4v) is 1.08. The van der Waals surface area contributed by atoms with E-state index in [4.69, 9.17) is 10.8 Å². The van der Waals surface area contributed by atoms with E-state index >= 15 is 0 Å². The summed E-state index contributed by atoms with van der Waals surface area (Å²) in [5, 5.41) is 8.65. The van der Waals surface area contributed by atoms with Crippen LogP contribution < -0.4 is 5.73 Å². The Hall–Kier alpha value is -1.07. The zero-order chi connectivity index (χ0) is 10.7. The first-order valence-electron chi connectivity index (χ1n) is 4.00. The average molecular weight is 205 g/mol. The van der Waals surface area contributed by atoms with Crippen molar-refractivity contribution >= 4 is 0 Å². The van der Waals surface area contributed by atoms with Crippen molar-refractivity contribution in [3.05, 3.63) is 35.1 Å². The summed E-state index contributed by atoms with van der Waals surface area (Å²) in [7, 11) is 0. The van der Waals surface area contributed by atoms with Gasteiger partial charge in [-0.1, -0.05) is 12.1 Å². The molecule has 1 unspecified atom stereocenters. The molecular formula is C9H10F3NO. The maximum Gasteiger partial charge on any atom is 0.263 e. The number of alkyl halides is 2. The Morgan fingerprint density at radius 1 is 1.36 bits per heavy atom. The smallest absolute Gasteiger partial charge is 0.263 e. The Balaban J connectivity index is 3.01. The fourth-order valence-electron chi connectivity index (χ4n) is 1.08. The number of benzene rings is 1. The van der Waals surface area contributed by atoms with Crippen LogP contribution in [0.1, 0.15) is 23.6 Å². The van der Waals surface area contributed by atoms with E-state index in [2.05, 4.69) is 0 Å². The van der Waals surface area contributed by atoms with Crippen LogP contribution in [0.3, 0.4) is 0 Å². The molecular weight excluding hydrogens is 195 g/mol. The van der Waals surface area contributed by atoms with E-state index in [-0.39, 0.29) is 5.56 Å². The third-order valence-corrected chi connectivity index (χ3v) is 1.87. The molecule has 3 N–H and O–H groups in total. The first-order valence-corrected chi connectivity index (χ1v) is 4.00. The van der Waals surface area contributed by atoms with Crippen LogP contribution in [0.4, 0.5) is 13.2 Å². The lowest BCUT2D eigenvalue weighted by Crippen LogP contribution is -2.16. The van der Waals surface area contributed by atoms with Gasteiger partial charge in [0.2, 0.25) is 0 Å². The SMILES string of the molecule is NC(CO)c1ccc(C(F)F)cc1F. The molecule has 1 atom stereocenters. The van der Waals surface area contributed by atoms with Gasteiger partial charge in [-0.15, -0.1) is 0 Å². The molecule has 0 heterocycles. The van der Waals surface area contributed by atoms with E-state index in [1.165, 1.54) is 0 Å². The Labute approximate surface area is 79.2 Å². The van der Waals surface area contributed by atoms with Gasteiger partial charge in [-0.05, 0) is 6.07 Å². The zero-order valence-corrected chi connectivity index (χ0v) is 7.25. The second-order valence-electron chi connectivity index (χ2n) is 2.87. The van der Waals surface area contributed by atoms with E-state index < -0.39 is 30.5 Å². The Bertz CT molecular complexity index is 317. The molecule has 0 aliphatic rings. The minimum Gasteiger partial charge on any atom is -0.394 e. The molecule has 0 fully saturated rings. The van der Waals surface area contributed by atoms with Gasteiger partial charge in [0.25, 0.3) is 6.43 Å². The predicted molar refractivity (Wildman–Crippen MR) is 45.4 cm³/mol. The normalized spacial score (nSPS) is 13.3. The van der Waals surface area contributed by atoms with Gasteiger partial charge >= 0.3 is 0 Å². The highest BCUT2D eigenvalue weighted by Crippen LogP contribution is 2.23. The molecule has 0 amide bonds. The quantitative estimate of drug-likeness (QED) is 0.789. The Morgan fingerprint density at radius 3 is 2.43 bits per heavy atom. The largest absolute Gasteiger partial charge is 0.394 e. The highest BCUT2D eigenvalue weighted by atomic mass is 19.3. The van der Waals surface area contributed by atoms with Crippen molar-refractivity contribution in [2.45, 2.75) is 12.5 Å². The number of hydrogen-bond donors (Lipinski definition) is 2. The summed E-state index contributed by atoms with van der Waals surface area (Å²) in [6.07, 6.45) is -2.70. The molecule has 0 radical (unpaired) electrons. The van der Waals surface area contributed by atoms with Crippen molar-refractivity contribution in [2.24, 2.45) is 5.73 Å². The summed E-state index contributed by atoms with van der Waals surface area (Å²) >= 11 is 0. The first-order chi connectivity index (χ1) is 6.56. The molecule has 1 rings (SSSR count). The minimum absolute atomic E-state index is 0.0388. The molecule has 14 heavy (non-hydrogen) atoms. The summed E-state index contributed by atoms with van der Waals surface area (Å²) in [5.41, 5.74) is 4.99. The number of nitrogens with two attached hydrogens (primary N) is 1. The molecule has 2 nitrogen and oxygen atoms in total. The highest BCUT2D eigenvalue weighted by Gasteiger charge is 2.14. The Morgan fingerprint density at radius 2 is 2.00 bits per heavy atom. The van der Waals surface area contributed by atoms with Crippen LogP contribution in [0.25, 0.3) is 0 Å². The maximum absolute atomic E-state index is 13.1. The number of halogens is 3. The van der Waals surface area contributed by atoms with E-state index in [1.807, 2.05) is 0 Å². The second-order valence-corrected chi connectivity index (χ2v) is 2.87. The van der Waals surface area contributed by atoms with Crippen LogP contribution in [0.5, 0.6) is 0 Å². The molecule has 0 aromatic heterocycles. The molecule has 1 aromatic rings. The summed E-state index contributed by atoms with van der Waals surface area (Å²) < 4.78 is 37.4. The monoisotopic (exact) mass is 205 g/mol. The molecule has 0 aliphatic carbocycles. The van der Waals surface area contributed by atoms with Gasteiger partial charge < -0.3 is 10.8 Å². The summed E-state index contributed by atoms with van der Waals surface area (Å²) in [4.78, 5) is 0. The van der Waals surface area contributed by atoms with Gasteiger partial charge in [-0.25, -0.2) is 13.2 Å². The minimum atomic E-state index is -2.70. The Kier molecular flexibility index (Phi) is 3.49. The number of aliphatic hydroxyl groups is 1. The first kappa shape index (κ1) is 11.0. The van der Waals surface area contributed by atoms with E-state index in [1.54, 1.807) is 0 Å². The standard InChI is InChI=1S/C9H10F3NO/c10-7-3-5(9(11)12)1-2-6(7)8(13)4-14/h1-3,8-9,14H,4,13H2. The maximum atomic E-state index is 13.1. The van der Waals surface area contributed by atoms with E-state index in [9.17, 15) is 13.2 Å². The van der Waals surface area contributed by atoms with E-state index in [0.29, 0.717) is 0 Å². The lowest BCUT2D eigenvalue weighted by molar-refractivity contribution is 0.151. The molecule has 0 aliphatic heterocycles. The van der Waals surface area contributed by atoms with Crippen molar-refractivity contribution in [3.8, 4) is 0 Å². The topological polar surface area (TPSA) is 46.2 Å². The lowest BCUT2D eigenvalue weighted by atomic mass is 10.1. The van der Waals surface area contributed by atoms with Gasteiger partial charge in [0.05, 0.1) is 12.6 Å². The molecule has 1 aromatic carbocycles. The molecule has 5 heteroatoms. The van der Waals surface area contributed by atoms with Crippen LogP contribution >= 0.6 is 0 Å². The number of rotatable bonds is 3. The van der Waals surface area contributed by atoms with Crippen molar-refractivity contribution in [1.29, 1.82) is 0 Å². The zero-order valence-electron chi connectivity index (χ0n) is 7.25. The van der Waals surface area contributed by atoms with Crippen molar-refractivity contribution in [3.63, 3.8) is 0 Å². The van der Waals surface area contributed by atoms with Gasteiger partial charge in [0.15, 0.2) is 0 Å². The third-order valence-electron chi connectivity index (χ3n) is 1.87. The van der Waals surface area contributed by atoms with Crippen LogP contribution in [0.15, 0.2) is 18.2 Å². The van der Waals surface area contributed by atoms with E-state index in [0.717, 1.165) is 18.2 Å². The van der Waals surface area contributed by atoms with Gasteiger partial charge in [-0.2, -0.15) is 0 Å². The summed E-state index contributed by atoms with van der Waals surface area (Å²) in [6, 6.07) is 2.12. The van der Waals surface area contributed by atoms with Crippen molar-refractivity contribution in [2.75, 3.05) is 6.61 Å². The van der Waals surface area contributed by atoms with Crippen molar-refractivity contribution in [1.82, 2.24) is 0 Å². The van der Waals surface area contributed by atoms with Crippen molar-refractivity contribution < 1.29 is 18.3 Å². The van der Waals surface area contributed by atoms with Crippen LogP contribution in [0.2, 0.25) is 0 Å². The molecule has 78 valence electrons. The number of hydrogen-bond acceptors (Lipinski definition) is 2. The second kappa shape index (κ2) is 4.43. The molecule has 0 spiro atoms. The van der Waals surface area contributed by atoms with Gasteiger partial charge in [0, 0.05) is 11.1 Å². The molecule has 0 saturated carbocycles. The van der Waals surface area contributed by atoms with Gasteiger partial charge in [0.1, 0.15) is 5.82 Å². The number of aliphatic hydroxyl groups excluding tert-OH is 1. The predicted octanol–water partition coefficient (Wildman–Crippen LogP) is 1.76. The van der Waals surface area contributed by atoms with Gasteiger partial charge in [-0.3, -0.25) is 0 Å². The molecule has 0 saturated heterocycles. The van der Waals surface area contributed by atoms with Crippen LogP contribution in [0, 0.1) is 5.82 Å². The van der Waals surface area contributed by atoms with Crippen LogP contribution in [-0.2, 0) is 0 Å². The third kappa shape index (κ3) is 2.24. The highest BCUT2D eigenvalue weighted by molar-refractivity contribution is 5.27.